The van der Waals surface area contributed by atoms with E-state index in [0.717, 1.165) is 11.6 Å². The highest BCUT2D eigenvalue weighted by Gasteiger charge is 2.11. The number of hydrogen-bond donors (Lipinski definition) is 1. The molecule has 0 heterocycles. The van der Waals surface area contributed by atoms with Crippen molar-refractivity contribution in [3.63, 3.8) is 0 Å². The lowest BCUT2D eigenvalue weighted by Gasteiger charge is -2.14. The lowest BCUT2D eigenvalue weighted by molar-refractivity contribution is 0.277. The van der Waals surface area contributed by atoms with Gasteiger partial charge in [-0.25, -0.2) is 8.78 Å². The molecule has 0 bridgehead atoms. The van der Waals surface area contributed by atoms with E-state index in [0.29, 0.717) is 11.5 Å². The van der Waals surface area contributed by atoms with Crippen LogP contribution in [0.5, 0.6) is 11.5 Å². The predicted octanol–water partition coefficient (Wildman–Crippen LogP) is 3.57. The average Bonchev–Trinajstić information content (AvgIpc) is 2.48. The number of rotatable bonds is 5. The Bertz CT molecular complexity index is 630. The zero-order valence-electron chi connectivity index (χ0n) is 11.9. The molecule has 21 heavy (non-hydrogen) atoms. The van der Waals surface area contributed by atoms with Crippen LogP contribution in [0.2, 0.25) is 0 Å². The van der Waals surface area contributed by atoms with Gasteiger partial charge in [0.1, 0.15) is 6.61 Å². The number of methoxy groups -OCH3 is 1. The van der Waals surface area contributed by atoms with Crippen molar-refractivity contribution in [2.75, 3.05) is 7.11 Å². The van der Waals surface area contributed by atoms with E-state index >= 15 is 0 Å². The van der Waals surface area contributed by atoms with Crippen molar-refractivity contribution in [1.82, 2.24) is 0 Å². The highest BCUT2D eigenvalue weighted by molar-refractivity contribution is 5.43. The first-order valence-corrected chi connectivity index (χ1v) is 6.52. The minimum atomic E-state index is -0.899. The second kappa shape index (κ2) is 6.54. The third kappa shape index (κ3) is 3.49. The van der Waals surface area contributed by atoms with Crippen LogP contribution in [0.4, 0.5) is 8.78 Å². The van der Waals surface area contributed by atoms with Crippen molar-refractivity contribution in [2.24, 2.45) is 5.73 Å². The van der Waals surface area contributed by atoms with Crippen molar-refractivity contribution in [3.05, 3.63) is 59.2 Å². The van der Waals surface area contributed by atoms with E-state index in [9.17, 15) is 8.78 Å². The Balaban J connectivity index is 2.18. The number of halogens is 2. The minimum absolute atomic E-state index is 0.0858. The fraction of sp³-hybridized carbons (Fsp3) is 0.250. The second-order valence-corrected chi connectivity index (χ2v) is 4.70. The zero-order chi connectivity index (χ0) is 15.4. The van der Waals surface area contributed by atoms with Crippen LogP contribution >= 0.6 is 0 Å². The summed E-state index contributed by atoms with van der Waals surface area (Å²) in [7, 11) is 1.51. The van der Waals surface area contributed by atoms with Crippen LogP contribution in [-0.2, 0) is 6.61 Å². The van der Waals surface area contributed by atoms with E-state index in [2.05, 4.69) is 0 Å². The SMILES string of the molecule is COc1cc(C(C)N)ccc1OCc1cccc(F)c1F. The summed E-state index contributed by atoms with van der Waals surface area (Å²) in [5.74, 6) is -0.841. The molecule has 2 aromatic carbocycles. The van der Waals surface area contributed by atoms with Crippen LogP contribution in [0, 0.1) is 11.6 Å². The summed E-state index contributed by atoms with van der Waals surface area (Å²) in [6, 6.07) is 9.13. The molecule has 1 unspecified atom stereocenters. The molecular weight excluding hydrogens is 276 g/mol. The van der Waals surface area contributed by atoms with Crippen molar-refractivity contribution in [3.8, 4) is 11.5 Å². The normalized spacial score (nSPS) is 12.0. The summed E-state index contributed by atoms with van der Waals surface area (Å²) < 4.78 is 37.4. The second-order valence-electron chi connectivity index (χ2n) is 4.70. The molecule has 0 amide bonds. The van der Waals surface area contributed by atoms with Crippen molar-refractivity contribution < 1.29 is 18.3 Å². The smallest absolute Gasteiger partial charge is 0.165 e. The minimum Gasteiger partial charge on any atom is -0.493 e. The van der Waals surface area contributed by atoms with Crippen LogP contribution < -0.4 is 15.2 Å². The van der Waals surface area contributed by atoms with Gasteiger partial charge in [-0.1, -0.05) is 18.2 Å². The Labute approximate surface area is 122 Å². The maximum absolute atomic E-state index is 13.6. The maximum Gasteiger partial charge on any atom is 0.165 e. The lowest BCUT2D eigenvalue weighted by atomic mass is 10.1. The molecule has 0 fully saturated rings. The molecule has 0 aromatic heterocycles. The van der Waals surface area contributed by atoms with Gasteiger partial charge in [-0.2, -0.15) is 0 Å². The highest BCUT2D eigenvalue weighted by Crippen LogP contribution is 2.30. The van der Waals surface area contributed by atoms with Gasteiger partial charge in [-0.3, -0.25) is 0 Å². The Hall–Kier alpha value is -2.14. The highest BCUT2D eigenvalue weighted by atomic mass is 19.2. The molecule has 0 aliphatic rings. The van der Waals surface area contributed by atoms with Gasteiger partial charge in [0.2, 0.25) is 0 Å². The van der Waals surface area contributed by atoms with Crippen LogP contribution in [0.15, 0.2) is 36.4 Å². The predicted molar refractivity (Wildman–Crippen MR) is 76.3 cm³/mol. The summed E-state index contributed by atoms with van der Waals surface area (Å²) in [6.07, 6.45) is 0. The third-order valence-electron chi connectivity index (χ3n) is 3.13. The van der Waals surface area contributed by atoms with Crippen molar-refractivity contribution in [1.29, 1.82) is 0 Å². The molecule has 0 radical (unpaired) electrons. The standard InChI is InChI=1S/C16H17F2NO2/c1-10(19)11-6-7-14(15(8-11)20-2)21-9-12-4-3-5-13(17)16(12)18/h3-8,10H,9,19H2,1-2H3. The van der Waals surface area contributed by atoms with Crippen molar-refractivity contribution in [2.45, 2.75) is 19.6 Å². The van der Waals surface area contributed by atoms with E-state index < -0.39 is 11.6 Å². The Morgan fingerprint density at radius 3 is 2.57 bits per heavy atom. The van der Waals surface area contributed by atoms with Crippen LogP contribution in [0.1, 0.15) is 24.1 Å². The zero-order valence-corrected chi connectivity index (χ0v) is 11.9. The first-order valence-electron chi connectivity index (χ1n) is 6.52. The summed E-state index contributed by atoms with van der Waals surface area (Å²) in [5, 5.41) is 0. The van der Waals surface area contributed by atoms with Crippen LogP contribution in [-0.4, -0.2) is 7.11 Å². The first kappa shape index (κ1) is 15.3. The molecule has 2 N–H and O–H groups in total. The molecule has 112 valence electrons. The fourth-order valence-electron chi connectivity index (χ4n) is 1.90. The molecule has 2 aromatic rings. The van der Waals surface area contributed by atoms with E-state index in [1.54, 1.807) is 12.1 Å². The molecule has 0 aliphatic carbocycles. The van der Waals surface area contributed by atoms with Gasteiger partial charge in [-0.15, -0.1) is 0 Å². The number of ether oxygens (including phenoxy) is 2. The van der Waals surface area contributed by atoms with Crippen LogP contribution in [0.25, 0.3) is 0 Å². The Kier molecular flexibility index (Phi) is 4.75. The fourth-order valence-corrected chi connectivity index (χ4v) is 1.90. The average molecular weight is 293 g/mol. The number of hydrogen-bond acceptors (Lipinski definition) is 3. The molecular formula is C16H17F2NO2. The van der Waals surface area contributed by atoms with E-state index in [1.807, 2.05) is 13.0 Å². The monoisotopic (exact) mass is 293 g/mol. The summed E-state index contributed by atoms with van der Waals surface area (Å²) >= 11 is 0. The summed E-state index contributed by atoms with van der Waals surface area (Å²) in [5.41, 5.74) is 6.85. The third-order valence-corrected chi connectivity index (χ3v) is 3.13. The van der Waals surface area contributed by atoms with Gasteiger partial charge in [0.15, 0.2) is 23.1 Å². The lowest BCUT2D eigenvalue weighted by Crippen LogP contribution is -2.06. The molecule has 2 rings (SSSR count). The topological polar surface area (TPSA) is 44.5 Å². The van der Waals surface area contributed by atoms with Gasteiger partial charge < -0.3 is 15.2 Å². The van der Waals surface area contributed by atoms with Gasteiger partial charge in [0, 0.05) is 11.6 Å². The number of benzene rings is 2. The molecule has 1 atom stereocenters. The quantitative estimate of drug-likeness (QED) is 0.916. The maximum atomic E-state index is 13.6. The van der Waals surface area contributed by atoms with Crippen molar-refractivity contribution >= 4 is 0 Å². The van der Waals surface area contributed by atoms with E-state index in [4.69, 9.17) is 15.2 Å². The molecule has 3 nitrogen and oxygen atoms in total. The van der Waals surface area contributed by atoms with Gasteiger partial charge in [-0.05, 0) is 30.7 Å². The summed E-state index contributed by atoms with van der Waals surface area (Å²) in [4.78, 5) is 0. The van der Waals surface area contributed by atoms with E-state index in [-0.39, 0.29) is 18.2 Å². The molecule has 5 heteroatoms. The van der Waals surface area contributed by atoms with E-state index in [1.165, 1.54) is 19.2 Å². The molecule has 0 spiro atoms. The number of nitrogens with two attached hydrogens (primary N) is 1. The molecule has 0 aliphatic heterocycles. The van der Waals surface area contributed by atoms with Gasteiger partial charge >= 0.3 is 0 Å². The first-order chi connectivity index (χ1) is 10.0. The van der Waals surface area contributed by atoms with Gasteiger partial charge in [0.05, 0.1) is 7.11 Å². The Morgan fingerprint density at radius 1 is 1.14 bits per heavy atom. The van der Waals surface area contributed by atoms with Gasteiger partial charge in [0.25, 0.3) is 0 Å². The van der Waals surface area contributed by atoms with Crippen LogP contribution in [0.3, 0.4) is 0 Å². The molecule has 0 saturated carbocycles. The summed E-state index contributed by atoms with van der Waals surface area (Å²) in [6.45, 7) is 1.77. The largest absolute Gasteiger partial charge is 0.493 e. The molecule has 0 saturated heterocycles. The Morgan fingerprint density at radius 2 is 1.90 bits per heavy atom.